The summed E-state index contributed by atoms with van der Waals surface area (Å²) in [7, 11) is 4.17. The van der Waals surface area contributed by atoms with Crippen LogP contribution in [0.25, 0.3) is 0 Å². The van der Waals surface area contributed by atoms with Crippen LogP contribution >= 0.6 is 0 Å². The Kier molecular flexibility index (Phi) is 5.09. The maximum atomic E-state index is 3.85. The van der Waals surface area contributed by atoms with Crippen LogP contribution in [0.5, 0.6) is 0 Å². The molecule has 0 heterocycles. The van der Waals surface area contributed by atoms with Crippen LogP contribution in [0.15, 0.2) is 24.3 Å². The number of benzene rings is 1. The number of nitrogens with zero attached hydrogens (tertiary/aromatic N) is 1. The molecule has 2 rings (SSSR count). The molecule has 4 unspecified atom stereocenters. The summed E-state index contributed by atoms with van der Waals surface area (Å²) in [6.07, 6.45) is 4.09. The molecule has 1 aliphatic carbocycles. The maximum absolute atomic E-state index is 3.85. The molecule has 2 heteroatoms. The maximum Gasteiger partial charge on any atom is 0.0361 e. The van der Waals surface area contributed by atoms with E-state index in [1.165, 1.54) is 30.5 Å². The third-order valence-corrected chi connectivity index (χ3v) is 5.08. The van der Waals surface area contributed by atoms with Crippen molar-refractivity contribution < 1.29 is 0 Å². The first-order valence-electron chi connectivity index (χ1n) is 8.02. The lowest BCUT2D eigenvalue weighted by atomic mass is 9.77. The first-order chi connectivity index (χ1) is 9.49. The number of hydrogen-bond donors (Lipinski definition) is 1. The fourth-order valence-corrected chi connectivity index (χ4v) is 3.30. The van der Waals surface area contributed by atoms with Crippen molar-refractivity contribution in [2.45, 2.75) is 52.1 Å². The van der Waals surface area contributed by atoms with Crippen LogP contribution < -0.4 is 10.2 Å². The standard InChI is InChI=1S/C18H30N2/c1-13-7-6-8-18(14(13)2)19-15(3)16-9-11-17(12-10-16)20(4)5/h9-15,18-19H,6-8H2,1-5H3. The summed E-state index contributed by atoms with van der Waals surface area (Å²) < 4.78 is 0. The molecule has 1 aromatic rings. The van der Waals surface area contributed by atoms with Crippen molar-refractivity contribution in [2.24, 2.45) is 11.8 Å². The third kappa shape index (κ3) is 3.54. The molecule has 0 aliphatic heterocycles. The summed E-state index contributed by atoms with van der Waals surface area (Å²) in [4.78, 5) is 2.15. The van der Waals surface area contributed by atoms with E-state index in [2.05, 4.69) is 69.3 Å². The molecule has 2 nitrogen and oxygen atoms in total. The molecule has 0 saturated heterocycles. The fourth-order valence-electron chi connectivity index (χ4n) is 3.30. The Morgan fingerprint density at radius 3 is 2.35 bits per heavy atom. The molecule has 0 spiro atoms. The van der Waals surface area contributed by atoms with Gasteiger partial charge < -0.3 is 10.2 Å². The second-order valence-electron chi connectivity index (χ2n) is 6.75. The molecule has 0 radical (unpaired) electrons. The Hall–Kier alpha value is -1.02. The lowest BCUT2D eigenvalue weighted by Gasteiger charge is -2.36. The predicted octanol–water partition coefficient (Wildman–Crippen LogP) is 4.23. The lowest BCUT2D eigenvalue weighted by molar-refractivity contribution is 0.196. The van der Waals surface area contributed by atoms with E-state index in [0.717, 1.165) is 11.8 Å². The molecular weight excluding hydrogens is 244 g/mol. The van der Waals surface area contributed by atoms with Crippen molar-refractivity contribution in [1.29, 1.82) is 0 Å². The molecule has 1 N–H and O–H groups in total. The van der Waals surface area contributed by atoms with Gasteiger partial charge in [0.1, 0.15) is 0 Å². The van der Waals surface area contributed by atoms with E-state index in [1.807, 2.05) is 0 Å². The third-order valence-electron chi connectivity index (χ3n) is 5.08. The molecule has 1 saturated carbocycles. The highest BCUT2D eigenvalue weighted by molar-refractivity contribution is 5.46. The minimum absolute atomic E-state index is 0.434. The molecule has 112 valence electrons. The Bertz CT molecular complexity index is 410. The number of nitrogens with one attached hydrogen (secondary N) is 1. The summed E-state index contributed by atoms with van der Waals surface area (Å²) in [6, 6.07) is 10.0. The van der Waals surface area contributed by atoms with Gasteiger partial charge in [0, 0.05) is 31.9 Å². The fraction of sp³-hybridized carbons (Fsp3) is 0.667. The first-order valence-corrected chi connectivity index (χ1v) is 8.02. The van der Waals surface area contributed by atoms with E-state index in [1.54, 1.807) is 0 Å². The lowest BCUT2D eigenvalue weighted by Crippen LogP contribution is -2.41. The van der Waals surface area contributed by atoms with Crippen molar-refractivity contribution >= 4 is 5.69 Å². The zero-order valence-corrected chi connectivity index (χ0v) is 13.7. The number of anilines is 1. The largest absolute Gasteiger partial charge is 0.378 e. The summed E-state index contributed by atoms with van der Waals surface area (Å²) in [6.45, 7) is 7.09. The minimum atomic E-state index is 0.434. The van der Waals surface area contributed by atoms with Crippen LogP contribution in [-0.2, 0) is 0 Å². The molecular formula is C18H30N2. The first kappa shape index (κ1) is 15.4. The normalized spacial score (nSPS) is 28.1. The average molecular weight is 274 g/mol. The van der Waals surface area contributed by atoms with Crippen molar-refractivity contribution in [3.05, 3.63) is 29.8 Å². The van der Waals surface area contributed by atoms with Crippen molar-refractivity contribution in [2.75, 3.05) is 19.0 Å². The van der Waals surface area contributed by atoms with Crippen molar-refractivity contribution in [1.82, 2.24) is 5.32 Å². The number of hydrogen-bond acceptors (Lipinski definition) is 2. The SMILES string of the molecule is CC(NC1CCCC(C)C1C)c1ccc(N(C)C)cc1. The van der Waals surface area contributed by atoms with Crippen LogP contribution in [0.2, 0.25) is 0 Å². The van der Waals surface area contributed by atoms with Gasteiger partial charge in [-0.05, 0) is 42.9 Å². The summed E-state index contributed by atoms with van der Waals surface area (Å²) in [5, 5.41) is 3.85. The van der Waals surface area contributed by atoms with E-state index in [9.17, 15) is 0 Å². The van der Waals surface area contributed by atoms with Gasteiger partial charge in [-0.15, -0.1) is 0 Å². The molecule has 0 bridgehead atoms. The highest BCUT2D eigenvalue weighted by Gasteiger charge is 2.27. The molecule has 20 heavy (non-hydrogen) atoms. The van der Waals surface area contributed by atoms with Crippen LogP contribution in [0, 0.1) is 11.8 Å². The van der Waals surface area contributed by atoms with Crippen LogP contribution in [0.3, 0.4) is 0 Å². The van der Waals surface area contributed by atoms with Crippen LogP contribution in [0.4, 0.5) is 5.69 Å². The van der Waals surface area contributed by atoms with Crippen molar-refractivity contribution in [3.8, 4) is 0 Å². The van der Waals surface area contributed by atoms with Crippen LogP contribution in [0.1, 0.15) is 51.6 Å². The summed E-state index contributed by atoms with van der Waals surface area (Å²) in [5.74, 6) is 1.64. The zero-order valence-electron chi connectivity index (χ0n) is 13.7. The predicted molar refractivity (Wildman–Crippen MR) is 88.3 cm³/mol. The molecule has 0 amide bonds. The monoisotopic (exact) mass is 274 g/mol. The van der Waals surface area contributed by atoms with Gasteiger partial charge in [0.15, 0.2) is 0 Å². The molecule has 1 fully saturated rings. The van der Waals surface area contributed by atoms with Gasteiger partial charge in [-0.25, -0.2) is 0 Å². The topological polar surface area (TPSA) is 15.3 Å². The van der Waals surface area contributed by atoms with E-state index in [4.69, 9.17) is 0 Å². The second-order valence-corrected chi connectivity index (χ2v) is 6.75. The van der Waals surface area contributed by atoms with Gasteiger partial charge in [-0.3, -0.25) is 0 Å². The molecule has 1 aliphatic rings. The Morgan fingerprint density at radius 1 is 1.10 bits per heavy atom. The van der Waals surface area contributed by atoms with E-state index in [0.29, 0.717) is 12.1 Å². The quantitative estimate of drug-likeness (QED) is 0.884. The Balaban J connectivity index is 1.98. The molecule has 0 aromatic heterocycles. The average Bonchev–Trinajstić information content (AvgIpc) is 2.44. The Morgan fingerprint density at radius 2 is 1.75 bits per heavy atom. The van der Waals surface area contributed by atoms with E-state index in [-0.39, 0.29) is 0 Å². The minimum Gasteiger partial charge on any atom is -0.378 e. The zero-order chi connectivity index (χ0) is 14.7. The summed E-state index contributed by atoms with van der Waals surface area (Å²) >= 11 is 0. The van der Waals surface area contributed by atoms with Crippen LogP contribution in [-0.4, -0.2) is 20.1 Å². The summed E-state index contributed by atoms with van der Waals surface area (Å²) in [5.41, 5.74) is 2.65. The smallest absolute Gasteiger partial charge is 0.0361 e. The van der Waals surface area contributed by atoms with Gasteiger partial charge in [0.05, 0.1) is 0 Å². The number of rotatable bonds is 4. The van der Waals surface area contributed by atoms with Gasteiger partial charge in [0.2, 0.25) is 0 Å². The highest BCUT2D eigenvalue weighted by Crippen LogP contribution is 2.31. The van der Waals surface area contributed by atoms with Gasteiger partial charge >= 0.3 is 0 Å². The van der Waals surface area contributed by atoms with E-state index >= 15 is 0 Å². The van der Waals surface area contributed by atoms with Gasteiger partial charge in [-0.2, -0.15) is 0 Å². The molecule has 1 aromatic carbocycles. The second kappa shape index (κ2) is 6.62. The van der Waals surface area contributed by atoms with Gasteiger partial charge in [0.25, 0.3) is 0 Å². The van der Waals surface area contributed by atoms with E-state index < -0.39 is 0 Å². The Labute approximate surface area is 124 Å². The molecule has 4 atom stereocenters. The van der Waals surface area contributed by atoms with Crippen molar-refractivity contribution in [3.63, 3.8) is 0 Å². The van der Waals surface area contributed by atoms with Gasteiger partial charge in [-0.1, -0.05) is 38.8 Å². The highest BCUT2D eigenvalue weighted by atomic mass is 15.1.